The molecular formula is C12H18. The zero-order valence-corrected chi connectivity index (χ0v) is 7.92. The quantitative estimate of drug-likeness (QED) is 0.551. The summed E-state index contributed by atoms with van der Waals surface area (Å²) in [5.41, 5.74) is 0.403. The summed E-state index contributed by atoms with van der Waals surface area (Å²) in [6.45, 7) is 2.38. The first-order valence-electron chi connectivity index (χ1n) is 5.18. The molecule has 0 aromatic carbocycles. The van der Waals surface area contributed by atoms with Crippen LogP contribution in [0.25, 0.3) is 0 Å². The van der Waals surface area contributed by atoms with E-state index in [1.807, 2.05) is 0 Å². The Morgan fingerprint density at radius 3 is 2.17 bits per heavy atom. The fourth-order valence-corrected chi connectivity index (χ4v) is 2.58. The lowest BCUT2D eigenvalue weighted by Crippen LogP contribution is -2.23. The van der Waals surface area contributed by atoms with Gasteiger partial charge in [-0.1, -0.05) is 50.5 Å². The van der Waals surface area contributed by atoms with Gasteiger partial charge in [-0.3, -0.25) is 0 Å². The Kier molecular flexibility index (Phi) is 2.08. The topological polar surface area (TPSA) is 0 Å². The number of rotatable bonds is 1. The molecule has 0 radical (unpaired) electrons. The molecule has 0 heteroatoms. The number of hydrogen-bond acceptors (Lipinski definition) is 0. The molecule has 0 heterocycles. The van der Waals surface area contributed by atoms with E-state index in [0.717, 1.165) is 5.92 Å². The molecule has 2 rings (SSSR count). The second-order valence-electron chi connectivity index (χ2n) is 4.42. The van der Waals surface area contributed by atoms with Crippen LogP contribution in [0.15, 0.2) is 24.3 Å². The summed E-state index contributed by atoms with van der Waals surface area (Å²) >= 11 is 0. The first-order chi connectivity index (χ1) is 5.81. The van der Waals surface area contributed by atoms with Crippen LogP contribution in [0.1, 0.15) is 39.0 Å². The van der Waals surface area contributed by atoms with E-state index < -0.39 is 0 Å². The lowest BCUT2D eigenvalue weighted by atomic mass is 9.71. The highest BCUT2D eigenvalue weighted by Crippen LogP contribution is 2.42. The van der Waals surface area contributed by atoms with Gasteiger partial charge in [0.1, 0.15) is 0 Å². The van der Waals surface area contributed by atoms with Crippen molar-refractivity contribution in [3.05, 3.63) is 24.3 Å². The molecule has 0 N–H and O–H groups in total. The molecule has 0 amide bonds. The van der Waals surface area contributed by atoms with Crippen LogP contribution in [0, 0.1) is 11.3 Å². The molecule has 0 bridgehead atoms. The van der Waals surface area contributed by atoms with Crippen LogP contribution in [0.4, 0.5) is 0 Å². The van der Waals surface area contributed by atoms with Gasteiger partial charge in [-0.15, -0.1) is 0 Å². The van der Waals surface area contributed by atoms with Gasteiger partial charge in [0.05, 0.1) is 0 Å². The molecule has 1 fully saturated rings. The average molecular weight is 162 g/mol. The van der Waals surface area contributed by atoms with Gasteiger partial charge in [0, 0.05) is 5.41 Å². The summed E-state index contributed by atoms with van der Waals surface area (Å²) in [5.74, 6) is 0.918. The van der Waals surface area contributed by atoms with E-state index in [4.69, 9.17) is 0 Å². The summed E-state index contributed by atoms with van der Waals surface area (Å²) in [4.78, 5) is 0. The zero-order valence-electron chi connectivity index (χ0n) is 7.92. The molecule has 2 aliphatic rings. The third kappa shape index (κ3) is 1.35. The van der Waals surface area contributed by atoms with E-state index in [2.05, 4.69) is 31.2 Å². The van der Waals surface area contributed by atoms with Crippen LogP contribution in [0.5, 0.6) is 0 Å². The normalized spacial score (nSPS) is 28.1. The van der Waals surface area contributed by atoms with Crippen LogP contribution in [-0.2, 0) is 0 Å². The minimum absolute atomic E-state index is 0.403. The third-order valence-electron chi connectivity index (χ3n) is 3.51. The predicted molar refractivity (Wildman–Crippen MR) is 53.0 cm³/mol. The SMILES string of the molecule is CC1(C2CCCCC2)C=CC=C1. The molecule has 0 spiro atoms. The molecule has 2 aliphatic carbocycles. The van der Waals surface area contributed by atoms with Crippen molar-refractivity contribution < 1.29 is 0 Å². The van der Waals surface area contributed by atoms with Gasteiger partial charge >= 0.3 is 0 Å². The summed E-state index contributed by atoms with van der Waals surface area (Å²) in [6, 6.07) is 0. The highest BCUT2D eigenvalue weighted by Gasteiger charge is 2.31. The van der Waals surface area contributed by atoms with Crippen molar-refractivity contribution in [2.45, 2.75) is 39.0 Å². The smallest absolute Gasteiger partial charge is 0.00671 e. The van der Waals surface area contributed by atoms with E-state index in [-0.39, 0.29) is 0 Å². The maximum Gasteiger partial charge on any atom is 0.00671 e. The summed E-state index contributed by atoms with van der Waals surface area (Å²) in [7, 11) is 0. The highest BCUT2D eigenvalue weighted by atomic mass is 14.4. The molecule has 0 nitrogen and oxygen atoms in total. The van der Waals surface area contributed by atoms with Crippen LogP contribution in [0.3, 0.4) is 0 Å². The van der Waals surface area contributed by atoms with Crippen LogP contribution < -0.4 is 0 Å². The highest BCUT2D eigenvalue weighted by molar-refractivity contribution is 5.25. The number of allylic oxidation sites excluding steroid dienone is 4. The fourth-order valence-electron chi connectivity index (χ4n) is 2.58. The second-order valence-corrected chi connectivity index (χ2v) is 4.42. The Bertz CT molecular complexity index is 192. The predicted octanol–water partition coefficient (Wildman–Crippen LogP) is 3.70. The molecule has 0 aliphatic heterocycles. The summed E-state index contributed by atoms with van der Waals surface area (Å²) in [6.07, 6.45) is 16.4. The second kappa shape index (κ2) is 3.08. The first kappa shape index (κ1) is 8.10. The van der Waals surface area contributed by atoms with Gasteiger partial charge in [-0.25, -0.2) is 0 Å². The number of hydrogen-bond donors (Lipinski definition) is 0. The van der Waals surface area contributed by atoms with Crippen molar-refractivity contribution in [3.8, 4) is 0 Å². The molecule has 0 atom stereocenters. The lowest BCUT2D eigenvalue weighted by Gasteiger charge is -2.34. The van der Waals surface area contributed by atoms with Gasteiger partial charge in [-0.2, -0.15) is 0 Å². The molecule has 66 valence electrons. The molecule has 0 unspecified atom stereocenters. The molecular weight excluding hydrogens is 144 g/mol. The van der Waals surface area contributed by atoms with E-state index in [1.54, 1.807) is 0 Å². The van der Waals surface area contributed by atoms with Gasteiger partial charge < -0.3 is 0 Å². The van der Waals surface area contributed by atoms with Gasteiger partial charge in [0.25, 0.3) is 0 Å². The van der Waals surface area contributed by atoms with Gasteiger partial charge in [0.2, 0.25) is 0 Å². The Morgan fingerprint density at radius 1 is 1.00 bits per heavy atom. The Labute approximate surface area is 75.4 Å². The molecule has 12 heavy (non-hydrogen) atoms. The molecule has 0 aromatic heterocycles. The third-order valence-corrected chi connectivity index (χ3v) is 3.51. The van der Waals surface area contributed by atoms with Crippen molar-refractivity contribution in [1.82, 2.24) is 0 Å². The fraction of sp³-hybridized carbons (Fsp3) is 0.667. The molecule has 0 aromatic rings. The van der Waals surface area contributed by atoms with Crippen molar-refractivity contribution in [2.75, 3.05) is 0 Å². The standard InChI is InChI=1S/C12H18/c1-12(9-5-6-10-12)11-7-3-2-4-8-11/h5-6,9-11H,2-4,7-8H2,1H3. The van der Waals surface area contributed by atoms with Gasteiger partial charge in [0.15, 0.2) is 0 Å². The van der Waals surface area contributed by atoms with Gasteiger partial charge in [-0.05, 0) is 18.8 Å². The van der Waals surface area contributed by atoms with Crippen molar-refractivity contribution in [3.63, 3.8) is 0 Å². The summed E-state index contributed by atoms with van der Waals surface area (Å²) in [5, 5.41) is 0. The zero-order chi connectivity index (χ0) is 8.44. The van der Waals surface area contributed by atoms with E-state index in [9.17, 15) is 0 Å². The van der Waals surface area contributed by atoms with E-state index in [0.29, 0.717) is 5.41 Å². The van der Waals surface area contributed by atoms with E-state index in [1.165, 1.54) is 32.1 Å². The average Bonchev–Trinajstić information content (AvgIpc) is 2.55. The van der Waals surface area contributed by atoms with Crippen LogP contribution >= 0.6 is 0 Å². The minimum atomic E-state index is 0.403. The largest absolute Gasteiger partial charge is 0.0745 e. The Balaban J connectivity index is 2.06. The lowest BCUT2D eigenvalue weighted by molar-refractivity contribution is 0.241. The Morgan fingerprint density at radius 2 is 1.58 bits per heavy atom. The van der Waals surface area contributed by atoms with Crippen molar-refractivity contribution in [2.24, 2.45) is 11.3 Å². The van der Waals surface area contributed by atoms with E-state index >= 15 is 0 Å². The van der Waals surface area contributed by atoms with Crippen LogP contribution in [-0.4, -0.2) is 0 Å². The van der Waals surface area contributed by atoms with Crippen molar-refractivity contribution >= 4 is 0 Å². The van der Waals surface area contributed by atoms with Crippen molar-refractivity contribution in [1.29, 1.82) is 0 Å². The Hall–Kier alpha value is -0.520. The summed E-state index contributed by atoms with van der Waals surface area (Å²) < 4.78 is 0. The van der Waals surface area contributed by atoms with Crippen LogP contribution in [0.2, 0.25) is 0 Å². The molecule has 0 saturated heterocycles. The molecule has 1 saturated carbocycles. The minimum Gasteiger partial charge on any atom is -0.0745 e. The maximum atomic E-state index is 2.38. The monoisotopic (exact) mass is 162 g/mol. The first-order valence-corrected chi connectivity index (χ1v) is 5.18. The maximum absolute atomic E-state index is 2.38.